The van der Waals surface area contributed by atoms with E-state index in [2.05, 4.69) is 20.4 Å². The summed E-state index contributed by atoms with van der Waals surface area (Å²) in [5, 5.41) is 7.76. The molecule has 2 heterocycles. The fourth-order valence-electron chi connectivity index (χ4n) is 3.13. The molecule has 4 rings (SSSR count). The second-order valence-electron chi connectivity index (χ2n) is 6.77. The van der Waals surface area contributed by atoms with Crippen molar-refractivity contribution in [2.24, 2.45) is 7.05 Å². The van der Waals surface area contributed by atoms with E-state index in [1.165, 1.54) is 15.7 Å². The summed E-state index contributed by atoms with van der Waals surface area (Å²) in [5.74, 6) is 0.770. The zero-order valence-corrected chi connectivity index (χ0v) is 16.4. The molecule has 0 aliphatic rings. The van der Waals surface area contributed by atoms with Gasteiger partial charge in [-0.05, 0) is 59.2 Å². The maximum atomic E-state index is 12.3. The second kappa shape index (κ2) is 7.67. The molecule has 146 valence electrons. The second-order valence-corrected chi connectivity index (χ2v) is 6.77. The van der Waals surface area contributed by atoms with Crippen molar-refractivity contribution >= 4 is 0 Å². The molecule has 0 amide bonds. The monoisotopic (exact) mass is 388 g/mol. The van der Waals surface area contributed by atoms with E-state index in [0.717, 1.165) is 33.6 Å². The molecule has 0 saturated carbocycles. The Morgan fingerprint density at radius 2 is 1.76 bits per heavy atom. The predicted molar refractivity (Wildman–Crippen MR) is 108 cm³/mol. The number of benzene rings is 2. The number of tetrazole rings is 1. The molecule has 0 radical (unpaired) electrons. The average Bonchev–Trinajstić information content (AvgIpc) is 3.07. The van der Waals surface area contributed by atoms with Gasteiger partial charge in [-0.2, -0.15) is 9.36 Å². The van der Waals surface area contributed by atoms with Gasteiger partial charge in [0.1, 0.15) is 18.7 Å². The summed E-state index contributed by atoms with van der Waals surface area (Å²) in [6.07, 6.45) is 5.07. The van der Waals surface area contributed by atoms with Gasteiger partial charge in [0, 0.05) is 30.6 Å². The van der Waals surface area contributed by atoms with Gasteiger partial charge < -0.3 is 4.74 Å². The molecule has 29 heavy (non-hydrogen) atoms. The summed E-state index contributed by atoms with van der Waals surface area (Å²) < 4.78 is 8.59. The minimum atomic E-state index is -0.303. The summed E-state index contributed by atoms with van der Waals surface area (Å²) >= 11 is 0. The average molecular weight is 388 g/mol. The highest BCUT2D eigenvalue weighted by Gasteiger charge is 2.14. The first-order valence-electron chi connectivity index (χ1n) is 9.11. The maximum absolute atomic E-state index is 12.3. The Bertz CT molecular complexity index is 1210. The third-order valence-electron chi connectivity index (χ3n) is 4.78. The number of rotatable bonds is 5. The first-order valence-corrected chi connectivity index (χ1v) is 9.11. The Labute approximate surface area is 167 Å². The third-order valence-corrected chi connectivity index (χ3v) is 4.78. The van der Waals surface area contributed by atoms with Crippen LogP contribution in [-0.4, -0.2) is 29.8 Å². The van der Waals surface area contributed by atoms with Crippen LogP contribution < -0.4 is 10.4 Å². The van der Waals surface area contributed by atoms with Crippen molar-refractivity contribution in [1.29, 1.82) is 0 Å². The lowest BCUT2D eigenvalue weighted by molar-refractivity contribution is 0.302. The molecule has 0 atom stereocenters. The van der Waals surface area contributed by atoms with E-state index in [9.17, 15) is 4.79 Å². The predicted octanol–water partition coefficient (Wildman–Crippen LogP) is 2.62. The van der Waals surface area contributed by atoms with Crippen LogP contribution in [0.15, 0.2) is 59.9 Å². The maximum Gasteiger partial charge on any atom is 0.368 e. The van der Waals surface area contributed by atoms with Crippen LogP contribution in [0.5, 0.6) is 5.75 Å². The summed E-state index contributed by atoms with van der Waals surface area (Å²) in [5.41, 5.74) is 5.23. The van der Waals surface area contributed by atoms with Crippen molar-refractivity contribution in [3.05, 3.63) is 82.3 Å². The highest BCUT2D eigenvalue weighted by atomic mass is 16.5. The van der Waals surface area contributed by atoms with Crippen LogP contribution in [-0.2, 0) is 13.7 Å². The Hall–Kier alpha value is -3.81. The normalized spacial score (nSPS) is 10.9. The van der Waals surface area contributed by atoms with E-state index >= 15 is 0 Å². The summed E-state index contributed by atoms with van der Waals surface area (Å²) in [4.78, 5) is 20.4. The van der Waals surface area contributed by atoms with Crippen LogP contribution in [0.1, 0.15) is 16.7 Å². The molecule has 0 aliphatic heterocycles. The van der Waals surface area contributed by atoms with E-state index in [0.29, 0.717) is 12.3 Å². The zero-order chi connectivity index (χ0) is 20.4. The lowest BCUT2D eigenvalue weighted by atomic mass is 10.1. The molecule has 0 fully saturated rings. The highest BCUT2D eigenvalue weighted by molar-refractivity contribution is 5.63. The number of nitrogens with zero attached hydrogens (tertiary/aromatic N) is 6. The van der Waals surface area contributed by atoms with Crippen LogP contribution in [0.2, 0.25) is 0 Å². The number of hydrogen-bond acceptors (Lipinski definition) is 6. The molecule has 2 aromatic heterocycles. The van der Waals surface area contributed by atoms with Gasteiger partial charge in [0.25, 0.3) is 0 Å². The molecule has 0 saturated heterocycles. The smallest absolute Gasteiger partial charge is 0.368 e. The molecular formula is C21H20N6O2. The summed E-state index contributed by atoms with van der Waals surface area (Å²) in [7, 11) is 1.57. The van der Waals surface area contributed by atoms with Gasteiger partial charge in [0.2, 0.25) is 0 Å². The standard InChI is InChI=1S/C21H20N6O2/c1-14-5-4-6-19(27-21(28)26(3)24-25-27)18(14)12-29-20-8-7-16(9-15(20)2)17-10-22-13-23-11-17/h4-11,13H,12H2,1-3H3. The molecule has 8 heteroatoms. The molecule has 0 spiro atoms. The van der Waals surface area contributed by atoms with Crippen molar-refractivity contribution in [3.63, 3.8) is 0 Å². The van der Waals surface area contributed by atoms with Gasteiger partial charge >= 0.3 is 5.69 Å². The molecule has 8 nitrogen and oxygen atoms in total. The van der Waals surface area contributed by atoms with Crippen LogP contribution in [0, 0.1) is 13.8 Å². The minimum Gasteiger partial charge on any atom is -0.489 e. The minimum absolute atomic E-state index is 0.303. The van der Waals surface area contributed by atoms with Crippen molar-refractivity contribution < 1.29 is 4.74 Å². The summed E-state index contributed by atoms with van der Waals surface area (Å²) in [6, 6.07) is 11.7. The number of aryl methyl sites for hydroxylation is 3. The van der Waals surface area contributed by atoms with Crippen LogP contribution >= 0.6 is 0 Å². The fraction of sp³-hybridized carbons (Fsp3) is 0.190. The molecule has 0 N–H and O–H groups in total. The third kappa shape index (κ3) is 3.64. The molecule has 0 aliphatic carbocycles. The van der Waals surface area contributed by atoms with Crippen molar-refractivity contribution in [2.75, 3.05) is 0 Å². The zero-order valence-electron chi connectivity index (χ0n) is 16.4. The lowest BCUT2D eigenvalue weighted by Gasteiger charge is -2.15. The highest BCUT2D eigenvalue weighted by Crippen LogP contribution is 2.27. The lowest BCUT2D eigenvalue weighted by Crippen LogP contribution is -2.23. The van der Waals surface area contributed by atoms with Crippen LogP contribution in [0.25, 0.3) is 16.8 Å². The van der Waals surface area contributed by atoms with Gasteiger partial charge in [0.15, 0.2) is 0 Å². The number of aromatic nitrogens is 6. The molecule has 0 bridgehead atoms. The first-order chi connectivity index (χ1) is 14.0. The summed E-state index contributed by atoms with van der Waals surface area (Å²) in [6.45, 7) is 4.28. The van der Waals surface area contributed by atoms with Gasteiger partial charge in [-0.25, -0.2) is 14.8 Å². The number of ether oxygens (including phenoxy) is 1. The van der Waals surface area contributed by atoms with E-state index in [-0.39, 0.29) is 5.69 Å². The van der Waals surface area contributed by atoms with E-state index in [1.807, 2.05) is 50.2 Å². The van der Waals surface area contributed by atoms with E-state index in [1.54, 1.807) is 19.4 Å². The van der Waals surface area contributed by atoms with Gasteiger partial charge in [-0.15, -0.1) is 0 Å². The Kier molecular flexibility index (Phi) is 4.90. The van der Waals surface area contributed by atoms with E-state index < -0.39 is 0 Å². The molecule has 2 aromatic carbocycles. The van der Waals surface area contributed by atoms with Crippen LogP contribution in [0.3, 0.4) is 0 Å². The molecular weight excluding hydrogens is 368 g/mol. The molecule has 4 aromatic rings. The Morgan fingerprint density at radius 1 is 0.966 bits per heavy atom. The molecule has 0 unspecified atom stereocenters. The van der Waals surface area contributed by atoms with E-state index in [4.69, 9.17) is 4.74 Å². The van der Waals surface area contributed by atoms with Gasteiger partial charge in [-0.1, -0.05) is 18.2 Å². The van der Waals surface area contributed by atoms with Crippen molar-refractivity contribution in [3.8, 4) is 22.6 Å². The Morgan fingerprint density at radius 3 is 2.45 bits per heavy atom. The van der Waals surface area contributed by atoms with Crippen molar-refractivity contribution in [2.45, 2.75) is 20.5 Å². The van der Waals surface area contributed by atoms with Crippen molar-refractivity contribution in [1.82, 2.24) is 29.8 Å². The van der Waals surface area contributed by atoms with Gasteiger partial charge in [-0.3, -0.25) is 0 Å². The Balaban J connectivity index is 1.62. The fourth-order valence-corrected chi connectivity index (χ4v) is 3.13. The quantitative estimate of drug-likeness (QED) is 0.522. The largest absolute Gasteiger partial charge is 0.489 e. The first kappa shape index (κ1) is 18.5. The SMILES string of the molecule is Cc1cc(-c2cncnc2)ccc1OCc1c(C)cccc1-n1nnn(C)c1=O. The van der Waals surface area contributed by atoms with Gasteiger partial charge in [0.05, 0.1) is 5.69 Å². The van der Waals surface area contributed by atoms with Crippen LogP contribution in [0.4, 0.5) is 0 Å². The topological polar surface area (TPSA) is 87.7 Å². The number of hydrogen-bond donors (Lipinski definition) is 0.